The molecule has 0 atom stereocenters. The van der Waals surface area contributed by atoms with E-state index in [1.807, 2.05) is 13.0 Å². The summed E-state index contributed by atoms with van der Waals surface area (Å²) in [5.41, 5.74) is 2.84. The van der Waals surface area contributed by atoms with Gasteiger partial charge < -0.3 is 20.5 Å². The van der Waals surface area contributed by atoms with Gasteiger partial charge in [-0.25, -0.2) is 0 Å². The summed E-state index contributed by atoms with van der Waals surface area (Å²) in [6.45, 7) is 1.91. The first kappa shape index (κ1) is 17.5. The number of carbonyl (C=O) groups excluding carboxylic acids is 2. The standard InChI is InChI=1S/C18H20N2O4/c1-12-7-8-16(24-2)15(9-12)20-18(23)17(22)19-10-13-5-3-4-6-14(13)11-21/h3-9,21H,10-11H2,1-2H3,(H,19,22)(H,20,23). The van der Waals surface area contributed by atoms with Gasteiger partial charge in [-0.1, -0.05) is 30.3 Å². The number of amides is 2. The molecule has 0 bridgehead atoms. The van der Waals surface area contributed by atoms with E-state index in [0.717, 1.165) is 11.1 Å². The van der Waals surface area contributed by atoms with Crippen LogP contribution in [0.3, 0.4) is 0 Å². The topological polar surface area (TPSA) is 87.7 Å². The summed E-state index contributed by atoms with van der Waals surface area (Å²) in [5, 5.41) is 14.3. The fraction of sp³-hybridized carbons (Fsp3) is 0.222. The van der Waals surface area contributed by atoms with Crippen LogP contribution in [0, 0.1) is 6.92 Å². The molecule has 0 aromatic heterocycles. The van der Waals surface area contributed by atoms with Crippen molar-refractivity contribution in [3.05, 3.63) is 59.2 Å². The Balaban J connectivity index is 2.00. The molecule has 0 spiro atoms. The number of aryl methyl sites for hydroxylation is 1. The Bertz CT molecular complexity index is 744. The lowest BCUT2D eigenvalue weighted by Crippen LogP contribution is -2.35. The predicted octanol–water partition coefficient (Wildman–Crippen LogP) is 1.75. The molecule has 3 N–H and O–H groups in total. The molecule has 2 rings (SSSR count). The first-order chi connectivity index (χ1) is 11.5. The summed E-state index contributed by atoms with van der Waals surface area (Å²) >= 11 is 0. The smallest absolute Gasteiger partial charge is 0.313 e. The fourth-order valence-corrected chi connectivity index (χ4v) is 2.24. The van der Waals surface area contributed by atoms with E-state index in [2.05, 4.69) is 10.6 Å². The van der Waals surface area contributed by atoms with Crippen LogP contribution in [0.5, 0.6) is 5.75 Å². The number of hydrogen-bond acceptors (Lipinski definition) is 4. The zero-order valence-corrected chi connectivity index (χ0v) is 13.6. The quantitative estimate of drug-likeness (QED) is 0.730. The van der Waals surface area contributed by atoms with Gasteiger partial charge in [0.15, 0.2) is 0 Å². The number of ether oxygens (including phenoxy) is 1. The molecule has 24 heavy (non-hydrogen) atoms. The molecular formula is C18H20N2O4. The highest BCUT2D eigenvalue weighted by atomic mass is 16.5. The van der Waals surface area contributed by atoms with E-state index in [-0.39, 0.29) is 13.2 Å². The molecular weight excluding hydrogens is 308 g/mol. The van der Waals surface area contributed by atoms with Gasteiger partial charge in [0, 0.05) is 6.54 Å². The largest absolute Gasteiger partial charge is 0.495 e. The van der Waals surface area contributed by atoms with Gasteiger partial charge in [0.2, 0.25) is 0 Å². The van der Waals surface area contributed by atoms with Crippen LogP contribution in [0.2, 0.25) is 0 Å². The lowest BCUT2D eigenvalue weighted by molar-refractivity contribution is -0.136. The molecule has 0 fully saturated rings. The van der Waals surface area contributed by atoms with Crippen LogP contribution in [-0.2, 0) is 22.7 Å². The Labute approximate surface area is 140 Å². The van der Waals surface area contributed by atoms with Crippen LogP contribution in [0.4, 0.5) is 5.69 Å². The number of methoxy groups -OCH3 is 1. The zero-order valence-electron chi connectivity index (χ0n) is 13.6. The molecule has 126 valence electrons. The van der Waals surface area contributed by atoms with E-state index < -0.39 is 11.8 Å². The van der Waals surface area contributed by atoms with Crippen LogP contribution in [0.25, 0.3) is 0 Å². The first-order valence-electron chi connectivity index (χ1n) is 7.46. The highest BCUT2D eigenvalue weighted by Crippen LogP contribution is 2.25. The molecule has 0 aliphatic heterocycles. The van der Waals surface area contributed by atoms with Crippen molar-refractivity contribution in [2.45, 2.75) is 20.1 Å². The Morgan fingerprint density at radius 2 is 1.79 bits per heavy atom. The fourth-order valence-electron chi connectivity index (χ4n) is 2.24. The SMILES string of the molecule is COc1ccc(C)cc1NC(=O)C(=O)NCc1ccccc1CO. The lowest BCUT2D eigenvalue weighted by Gasteiger charge is -2.12. The third-order valence-electron chi connectivity index (χ3n) is 3.54. The monoisotopic (exact) mass is 328 g/mol. The van der Waals surface area contributed by atoms with Gasteiger partial charge in [-0.05, 0) is 35.7 Å². The maximum atomic E-state index is 12.0. The maximum Gasteiger partial charge on any atom is 0.313 e. The van der Waals surface area contributed by atoms with E-state index in [1.54, 1.807) is 36.4 Å². The van der Waals surface area contributed by atoms with Gasteiger partial charge in [-0.2, -0.15) is 0 Å². The third kappa shape index (κ3) is 4.33. The van der Waals surface area contributed by atoms with Crippen LogP contribution >= 0.6 is 0 Å². The van der Waals surface area contributed by atoms with Crippen molar-refractivity contribution in [2.75, 3.05) is 12.4 Å². The summed E-state index contributed by atoms with van der Waals surface area (Å²) in [5.74, 6) is -1.06. The molecule has 0 unspecified atom stereocenters. The summed E-state index contributed by atoms with van der Waals surface area (Å²) in [4.78, 5) is 24.0. The Kier molecular flexibility index (Phi) is 5.92. The molecule has 0 heterocycles. The molecule has 0 radical (unpaired) electrons. The average Bonchev–Trinajstić information content (AvgIpc) is 2.60. The second-order valence-electron chi connectivity index (χ2n) is 5.27. The second kappa shape index (κ2) is 8.12. The van der Waals surface area contributed by atoms with Crippen LogP contribution < -0.4 is 15.4 Å². The average molecular weight is 328 g/mol. The van der Waals surface area contributed by atoms with E-state index in [0.29, 0.717) is 17.0 Å². The minimum absolute atomic E-state index is 0.126. The number of hydrogen-bond donors (Lipinski definition) is 3. The lowest BCUT2D eigenvalue weighted by atomic mass is 10.1. The summed E-state index contributed by atoms with van der Waals surface area (Å²) in [7, 11) is 1.49. The molecule has 0 aliphatic carbocycles. The van der Waals surface area contributed by atoms with Crippen molar-refractivity contribution in [3.8, 4) is 5.75 Å². The summed E-state index contributed by atoms with van der Waals surface area (Å²) in [6, 6.07) is 12.4. The molecule has 0 saturated carbocycles. The number of carbonyl (C=O) groups is 2. The highest BCUT2D eigenvalue weighted by Gasteiger charge is 2.16. The van der Waals surface area contributed by atoms with Gasteiger partial charge in [0.05, 0.1) is 19.4 Å². The van der Waals surface area contributed by atoms with Crippen LogP contribution in [0.1, 0.15) is 16.7 Å². The predicted molar refractivity (Wildman–Crippen MR) is 90.6 cm³/mol. The van der Waals surface area contributed by atoms with Gasteiger partial charge in [0.25, 0.3) is 0 Å². The highest BCUT2D eigenvalue weighted by molar-refractivity contribution is 6.39. The van der Waals surface area contributed by atoms with Crippen molar-refractivity contribution >= 4 is 17.5 Å². The number of nitrogens with one attached hydrogen (secondary N) is 2. The van der Waals surface area contributed by atoms with E-state index in [9.17, 15) is 14.7 Å². The number of aliphatic hydroxyl groups is 1. The molecule has 0 saturated heterocycles. The first-order valence-corrected chi connectivity index (χ1v) is 7.46. The van der Waals surface area contributed by atoms with E-state index >= 15 is 0 Å². The molecule has 2 aromatic rings. The summed E-state index contributed by atoms with van der Waals surface area (Å²) < 4.78 is 5.17. The normalized spacial score (nSPS) is 10.1. The Hall–Kier alpha value is -2.86. The van der Waals surface area contributed by atoms with Gasteiger partial charge in [-0.3, -0.25) is 9.59 Å². The molecule has 2 amide bonds. The molecule has 6 heteroatoms. The van der Waals surface area contributed by atoms with Crippen molar-refractivity contribution in [1.29, 1.82) is 0 Å². The van der Waals surface area contributed by atoms with Gasteiger partial charge in [0.1, 0.15) is 5.75 Å². The summed E-state index contributed by atoms with van der Waals surface area (Å²) in [6.07, 6.45) is 0. The Morgan fingerprint density at radius 3 is 2.46 bits per heavy atom. The third-order valence-corrected chi connectivity index (χ3v) is 3.54. The molecule has 2 aromatic carbocycles. The van der Waals surface area contributed by atoms with Gasteiger partial charge >= 0.3 is 11.8 Å². The van der Waals surface area contributed by atoms with Crippen molar-refractivity contribution in [1.82, 2.24) is 5.32 Å². The molecule has 0 aliphatic rings. The van der Waals surface area contributed by atoms with Gasteiger partial charge in [-0.15, -0.1) is 0 Å². The number of aliphatic hydroxyl groups excluding tert-OH is 1. The number of benzene rings is 2. The number of anilines is 1. The van der Waals surface area contributed by atoms with Crippen molar-refractivity contribution < 1.29 is 19.4 Å². The zero-order chi connectivity index (χ0) is 17.5. The second-order valence-corrected chi connectivity index (χ2v) is 5.27. The Morgan fingerprint density at radius 1 is 1.08 bits per heavy atom. The number of rotatable bonds is 5. The van der Waals surface area contributed by atoms with Crippen LogP contribution in [0.15, 0.2) is 42.5 Å². The van der Waals surface area contributed by atoms with Crippen LogP contribution in [-0.4, -0.2) is 24.0 Å². The minimum atomic E-state index is -0.777. The minimum Gasteiger partial charge on any atom is -0.495 e. The van der Waals surface area contributed by atoms with Crippen molar-refractivity contribution in [3.63, 3.8) is 0 Å². The molecule has 6 nitrogen and oxygen atoms in total. The van der Waals surface area contributed by atoms with E-state index in [1.165, 1.54) is 7.11 Å². The van der Waals surface area contributed by atoms with E-state index in [4.69, 9.17) is 4.74 Å². The maximum absolute atomic E-state index is 12.0. The van der Waals surface area contributed by atoms with Crippen molar-refractivity contribution in [2.24, 2.45) is 0 Å².